The van der Waals surface area contributed by atoms with Crippen molar-refractivity contribution in [3.8, 4) is 29.6 Å². The van der Waals surface area contributed by atoms with E-state index in [2.05, 4.69) is 16.2 Å². The summed E-state index contributed by atoms with van der Waals surface area (Å²) in [7, 11) is 3.21. The summed E-state index contributed by atoms with van der Waals surface area (Å²) in [5, 5.41) is 3.12. The third kappa shape index (κ3) is 6.48. The highest BCUT2D eigenvalue weighted by atomic mass is 16.5. The zero-order valence-electron chi connectivity index (χ0n) is 15.7. The summed E-state index contributed by atoms with van der Waals surface area (Å²) >= 11 is 0. The zero-order valence-corrected chi connectivity index (χ0v) is 15.7. The Bertz CT molecular complexity index is 795. The van der Waals surface area contributed by atoms with Gasteiger partial charge in [-0.05, 0) is 41.8 Å². The molecule has 0 spiro atoms. The fourth-order valence-electron chi connectivity index (χ4n) is 2.42. The first-order valence-electron chi connectivity index (χ1n) is 8.56. The van der Waals surface area contributed by atoms with Gasteiger partial charge in [-0.25, -0.2) is 4.99 Å². The minimum atomic E-state index is 0.272. The normalized spacial score (nSPS) is 10.8. The molecule has 2 rings (SSSR count). The molecule has 0 atom stereocenters. The molecule has 6 heteroatoms. The van der Waals surface area contributed by atoms with Gasteiger partial charge in [0.05, 0.1) is 20.8 Å². The number of benzene rings is 2. The maximum absolute atomic E-state index is 5.94. The van der Waals surface area contributed by atoms with E-state index < -0.39 is 0 Å². The Morgan fingerprint density at radius 1 is 1.07 bits per heavy atom. The Hall–Kier alpha value is -3.33. The molecule has 0 fully saturated rings. The van der Waals surface area contributed by atoms with Crippen LogP contribution < -0.4 is 25.3 Å². The molecule has 0 aliphatic rings. The zero-order chi connectivity index (χ0) is 19.5. The SMILES string of the molecule is C#CCOc1ccc(CCNC(N)=NCc2ccc(OC)c(OC)c2)cc1. The minimum Gasteiger partial charge on any atom is -0.493 e. The number of aliphatic imine (C=N–C) groups is 1. The van der Waals surface area contributed by atoms with Crippen molar-refractivity contribution in [3.63, 3.8) is 0 Å². The van der Waals surface area contributed by atoms with E-state index in [-0.39, 0.29) is 6.61 Å². The second-order valence-corrected chi connectivity index (χ2v) is 5.70. The number of guanidine groups is 1. The Morgan fingerprint density at radius 3 is 2.44 bits per heavy atom. The minimum absolute atomic E-state index is 0.272. The Morgan fingerprint density at radius 2 is 1.78 bits per heavy atom. The molecule has 3 N–H and O–H groups in total. The first-order chi connectivity index (χ1) is 13.2. The topological polar surface area (TPSA) is 78.1 Å². The van der Waals surface area contributed by atoms with Gasteiger partial charge in [-0.1, -0.05) is 24.1 Å². The van der Waals surface area contributed by atoms with E-state index in [9.17, 15) is 0 Å². The predicted octanol–water partition coefficient (Wildman–Crippen LogP) is 2.36. The molecule has 2 aromatic rings. The number of terminal acetylenes is 1. The number of nitrogens with two attached hydrogens (primary N) is 1. The van der Waals surface area contributed by atoms with E-state index in [0.717, 1.165) is 17.7 Å². The lowest BCUT2D eigenvalue weighted by molar-refractivity contribution is 0.354. The fraction of sp³-hybridized carbons (Fsp3) is 0.286. The van der Waals surface area contributed by atoms with E-state index in [4.69, 9.17) is 26.4 Å². The molecular formula is C21H25N3O3. The number of hydrogen-bond donors (Lipinski definition) is 2. The maximum Gasteiger partial charge on any atom is 0.188 e. The lowest BCUT2D eigenvalue weighted by Gasteiger charge is -2.09. The molecule has 0 bridgehead atoms. The van der Waals surface area contributed by atoms with Crippen LogP contribution in [0.5, 0.6) is 17.2 Å². The van der Waals surface area contributed by atoms with Crippen molar-refractivity contribution >= 4 is 5.96 Å². The van der Waals surface area contributed by atoms with Gasteiger partial charge in [0, 0.05) is 6.54 Å². The van der Waals surface area contributed by atoms with Gasteiger partial charge in [0.1, 0.15) is 12.4 Å². The molecule has 0 aliphatic carbocycles. The first kappa shape index (κ1) is 20.0. The molecule has 142 valence electrons. The average Bonchev–Trinajstić information content (AvgIpc) is 2.71. The van der Waals surface area contributed by atoms with E-state index in [1.165, 1.54) is 5.56 Å². The summed E-state index contributed by atoms with van der Waals surface area (Å²) in [6.07, 6.45) is 5.99. The molecule has 0 saturated heterocycles. The summed E-state index contributed by atoms with van der Waals surface area (Å²) in [5.74, 6) is 4.97. The van der Waals surface area contributed by atoms with Crippen LogP contribution in [0.3, 0.4) is 0 Å². The van der Waals surface area contributed by atoms with Crippen molar-refractivity contribution in [1.82, 2.24) is 5.32 Å². The van der Waals surface area contributed by atoms with Crippen LogP contribution in [0.1, 0.15) is 11.1 Å². The molecule has 0 aromatic heterocycles. The van der Waals surface area contributed by atoms with Crippen LogP contribution in [0.15, 0.2) is 47.5 Å². The number of nitrogens with zero attached hydrogens (tertiary/aromatic N) is 1. The molecule has 0 aliphatic heterocycles. The van der Waals surface area contributed by atoms with E-state index >= 15 is 0 Å². The molecule has 0 amide bonds. The van der Waals surface area contributed by atoms with E-state index in [0.29, 0.717) is 30.5 Å². The predicted molar refractivity (Wildman–Crippen MR) is 107 cm³/mol. The third-order valence-corrected chi connectivity index (χ3v) is 3.85. The van der Waals surface area contributed by atoms with Crippen molar-refractivity contribution in [2.24, 2.45) is 10.7 Å². The van der Waals surface area contributed by atoms with Gasteiger partial charge < -0.3 is 25.3 Å². The lowest BCUT2D eigenvalue weighted by atomic mass is 10.1. The van der Waals surface area contributed by atoms with E-state index in [1.807, 2.05) is 42.5 Å². The second-order valence-electron chi connectivity index (χ2n) is 5.70. The van der Waals surface area contributed by atoms with Crippen LogP contribution >= 0.6 is 0 Å². The van der Waals surface area contributed by atoms with Gasteiger partial charge in [0.2, 0.25) is 0 Å². The average molecular weight is 367 g/mol. The van der Waals surface area contributed by atoms with Crippen LogP contribution in [0.25, 0.3) is 0 Å². The van der Waals surface area contributed by atoms with Crippen LogP contribution in [0.4, 0.5) is 0 Å². The molecule has 6 nitrogen and oxygen atoms in total. The number of nitrogens with one attached hydrogen (secondary N) is 1. The number of hydrogen-bond acceptors (Lipinski definition) is 4. The molecule has 0 unspecified atom stereocenters. The summed E-state index contributed by atoms with van der Waals surface area (Å²) in [4.78, 5) is 4.35. The van der Waals surface area contributed by atoms with Gasteiger partial charge in [-0.3, -0.25) is 0 Å². The number of rotatable bonds is 9. The fourth-order valence-corrected chi connectivity index (χ4v) is 2.42. The van der Waals surface area contributed by atoms with Crippen LogP contribution in [-0.4, -0.2) is 33.3 Å². The first-order valence-corrected chi connectivity index (χ1v) is 8.56. The summed E-state index contributed by atoms with van der Waals surface area (Å²) < 4.78 is 15.9. The Labute approximate surface area is 160 Å². The summed E-state index contributed by atoms with van der Waals surface area (Å²) in [5.41, 5.74) is 8.09. The smallest absolute Gasteiger partial charge is 0.188 e. The highest BCUT2D eigenvalue weighted by molar-refractivity contribution is 5.77. The summed E-state index contributed by atoms with van der Waals surface area (Å²) in [6, 6.07) is 13.5. The second kappa shape index (κ2) is 10.6. The largest absolute Gasteiger partial charge is 0.493 e. The van der Waals surface area contributed by atoms with Gasteiger partial charge in [0.25, 0.3) is 0 Å². The highest BCUT2D eigenvalue weighted by Gasteiger charge is 2.04. The van der Waals surface area contributed by atoms with E-state index in [1.54, 1.807) is 14.2 Å². The molecule has 0 saturated carbocycles. The number of methoxy groups -OCH3 is 2. The number of ether oxygens (including phenoxy) is 3. The van der Waals surface area contributed by atoms with Gasteiger partial charge in [-0.15, -0.1) is 6.42 Å². The quantitative estimate of drug-likeness (QED) is 0.404. The van der Waals surface area contributed by atoms with Crippen molar-refractivity contribution < 1.29 is 14.2 Å². The molecule has 0 heterocycles. The molecule has 27 heavy (non-hydrogen) atoms. The van der Waals surface area contributed by atoms with Crippen LogP contribution in [0.2, 0.25) is 0 Å². The summed E-state index contributed by atoms with van der Waals surface area (Å²) in [6.45, 7) is 1.42. The monoisotopic (exact) mass is 367 g/mol. The Kier molecular flexibility index (Phi) is 7.86. The van der Waals surface area contributed by atoms with Gasteiger partial charge in [-0.2, -0.15) is 0 Å². The maximum atomic E-state index is 5.94. The van der Waals surface area contributed by atoms with Gasteiger partial charge >= 0.3 is 0 Å². The molecular weight excluding hydrogens is 342 g/mol. The highest BCUT2D eigenvalue weighted by Crippen LogP contribution is 2.27. The van der Waals surface area contributed by atoms with Crippen LogP contribution in [-0.2, 0) is 13.0 Å². The van der Waals surface area contributed by atoms with Gasteiger partial charge in [0.15, 0.2) is 17.5 Å². The van der Waals surface area contributed by atoms with Crippen molar-refractivity contribution in [2.45, 2.75) is 13.0 Å². The third-order valence-electron chi connectivity index (χ3n) is 3.85. The molecule has 0 radical (unpaired) electrons. The standard InChI is InChI=1S/C21H25N3O3/c1-4-13-27-18-8-5-16(6-9-18)11-12-23-21(22)24-15-17-7-10-19(25-2)20(14-17)26-3/h1,5-10,14H,11-13,15H2,2-3H3,(H3,22,23,24). The van der Waals surface area contributed by atoms with Crippen LogP contribution in [0, 0.1) is 12.3 Å². The van der Waals surface area contributed by atoms with Crippen molar-refractivity contribution in [2.75, 3.05) is 27.4 Å². The molecule has 2 aromatic carbocycles. The Balaban J connectivity index is 1.80. The van der Waals surface area contributed by atoms with Crippen molar-refractivity contribution in [3.05, 3.63) is 53.6 Å². The lowest BCUT2D eigenvalue weighted by Crippen LogP contribution is -2.33. The van der Waals surface area contributed by atoms with Crippen molar-refractivity contribution in [1.29, 1.82) is 0 Å².